The van der Waals surface area contributed by atoms with Crippen molar-refractivity contribution in [2.75, 3.05) is 11.9 Å². The van der Waals surface area contributed by atoms with Gasteiger partial charge < -0.3 is 5.32 Å². The molecule has 0 aliphatic rings. The van der Waals surface area contributed by atoms with E-state index in [4.69, 9.17) is 5.14 Å². The van der Waals surface area contributed by atoms with Crippen molar-refractivity contribution in [3.8, 4) is 0 Å². The first-order chi connectivity index (χ1) is 11.7. The smallest absolute Gasteiger partial charge is 0.315 e. The van der Waals surface area contributed by atoms with E-state index in [1.54, 1.807) is 12.1 Å². The van der Waals surface area contributed by atoms with Gasteiger partial charge in [0.15, 0.2) is 5.13 Å². The zero-order valence-electron chi connectivity index (χ0n) is 13.7. The van der Waals surface area contributed by atoms with E-state index in [1.165, 1.54) is 23.5 Å². The van der Waals surface area contributed by atoms with Gasteiger partial charge in [-0.05, 0) is 38.0 Å². The first-order valence-electron chi connectivity index (χ1n) is 7.32. The van der Waals surface area contributed by atoms with Crippen LogP contribution in [0, 0.1) is 13.8 Å². The number of amides is 2. The third-order valence-electron chi connectivity index (χ3n) is 3.41. The Morgan fingerprint density at radius 2 is 1.80 bits per heavy atom. The summed E-state index contributed by atoms with van der Waals surface area (Å²) in [6, 6.07) is 6.00. The van der Waals surface area contributed by atoms with Crippen molar-refractivity contribution in [1.82, 2.24) is 10.3 Å². The number of sulfonamides is 1. The highest BCUT2D eigenvalue weighted by molar-refractivity contribution is 7.89. The quantitative estimate of drug-likeness (QED) is 0.655. The van der Waals surface area contributed by atoms with Crippen molar-refractivity contribution in [2.24, 2.45) is 5.14 Å². The molecule has 0 unspecified atom stereocenters. The number of hydrogen-bond acceptors (Lipinski definition) is 6. The average Bonchev–Trinajstić information content (AvgIpc) is 2.84. The topological polar surface area (TPSA) is 131 Å². The molecule has 1 aromatic heterocycles. The van der Waals surface area contributed by atoms with Gasteiger partial charge in [-0.15, -0.1) is 11.3 Å². The second-order valence-corrected chi connectivity index (χ2v) is 8.07. The SMILES string of the molecule is Cc1nc(NC(=O)C(=O)NCCc2ccc(S(N)(=O)=O)cc2)sc1C. The fraction of sp³-hybridized carbons (Fsp3) is 0.267. The van der Waals surface area contributed by atoms with E-state index in [2.05, 4.69) is 15.6 Å². The number of rotatable bonds is 5. The lowest BCUT2D eigenvalue weighted by atomic mass is 10.1. The number of benzene rings is 1. The Morgan fingerprint density at radius 3 is 2.32 bits per heavy atom. The van der Waals surface area contributed by atoms with E-state index in [9.17, 15) is 18.0 Å². The number of nitrogens with one attached hydrogen (secondary N) is 2. The van der Waals surface area contributed by atoms with Crippen LogP contribution < -0.4 is 15.8 Å². The third-order valence-corrected chi connectivity index (χ3v) is 5.32. The number of nitrogens with two attached hydrogens (primary N) is 1. The van der Waals surface area contributed by atoms with Crippen LogP contribution in [-0.2, 0) is 26.0 Å². The molecule has 0 aliphatic carbocycles. The summed E-state index contributed by atoms with van der Waals surface area (Å²) >= 11 is 1.30. The molecular formula is C15H18N4O4S2. The van der Waals surface area contributed by atoms with Crippen LogP contribution in [0.25, 0.3) is 0 Å². The van der Waals surface area contributed by atoms with Crippen LogP contribution in [0.5, 0.6) is 0 Å². The van der Waals surface area contributed by atoms with Gasteiger partial charge in [0.2, 0.25) is 10.0 Å². The molecule has 0 bridgehead atoms. The van der Waals surface area contributed by atoms with E-state index >= 15 is 0 Å². The number of carbonyl (C=O) groups is 2. The molecule has 2 aromatic rings. The predicted octanol–water partition coefficient (Wildman–Crippen LogP) is 0.705. The van der Waals surface area contributed by atoms with Crippen LogP contribution in [0.4, 0.5) is 5.13 Å². The summed E-state index contributed by atoms with van der Waals surface area (Å²) in [5, 5.41) is 10.4. The van der Waals surface area contributed by atoms with Crippen molar-refractivity contribution < 1.29 is 18.0 Å². The number of carbonyl (C=O) groups excluding carboxylic acids is 2. The lowest BCUT2D eigenvalue weighted by Gasteiger charge is -2.06. The molecule has 8 nitrogen and oxygen atoms in total. The first kappa shape index (κ1) is 19.0. The van der Waals surface area contributed by atoms with E-state index in [1.807, 2.05) is 13.8 Å². The maximum atomic E-state index is 11.8. The molecule has 0 radical (unpaired) electrons. The van der Waals surface area contributed by atoms with Crippen molar-refractivity contribution >= 4 is 38.3 Å². The monoisotopic (exact) mass is 382 g/mol. The summed E-state index contributed by atoms with van der Waals surface area (Å²) in [4.78, 5) is 28.7. The van der Waals surface area contributed by atoms with E-state index in [-0.39, 0.29) is 11.4 Å². The van der Waals surface area contributed by atoms with Crippen LogP contribution in [0.15, 0.2) is 29.2 Å². The molecular weight excluding hydrogens is 364 g/mol. The summed E-state index contributed by atoms with van der Waals surface area (Å²) in [5.74, 6) is -1.54. The van der Waals surface area contributed by atoms with Crippen LogP contribution in [-0.4, -0.2) is 31.8 Å². The molecule has 0 saturated carbocycles. The Bertz CT molecular complexity index is 869. The number of anilines is 1. The Morgan fingerprint density at radius 1 is 1.16 bits per heavy atom. The summed E-state index contributed by atoms with van der Waals surface area (Å²) in [6.45, 7) is 3.93. The van der Waals surface area contributed by atoms with Gasteiger partial charge in [0, 0.05) is 11.4 Å². The fourth-order valence-electron chi connectivity index (χ4n) is 1.93. The Balaban J connectivity index is 1.82. The number of primary sulfonamides is 1. The van der Waals surface area contributed by atoms with Gasteiger partial charge in [0.25, 0.3) is 0 Å². The van der Waals surface area contributed by atoms with Gasteiger partial charge in [-0.25, -0.2) is 18.5 Å². The average molecular weight is 382 g/mol. The minimum Gasteiger partial charge on any atom is -0.347 e. The lowest BCUT2D eigenvalue weighted by Crippen LogP contribution is -2.36. The maximum absolute atomic E-state index is 11.8. The second-order valence-electron chi connectivity index (χ2n) is 5.31. The number of hydrogen-bond donors (Lipinski definition) is 3. The van der Waals surface area contributed by atoms with Gasteiger partial charge in [0.05, 0.1) is 10.6 Å². The molecule has 0 saturated heterocycles. The van der Waals surface area contributed by atoms with Crippen LogP contribution in [0.1, 0.15) is 16.1 Å². The highest BCUT2D eigenvalue weighted by Crippen LogP contribution is 2.20. The molecule has 0 fully saturated rings. The van der Waals surface area contributed by atoms with Gasteiger partial charge in [-0.2, -0.15) is 0 Å². The predicted molar refractivity (Wildman–Crippen MR) is 94.7 cm³/mol. The minimum absolute atomic E-state index is 0.0219. The molecule has 134 valence electrons. The van der Waals surface area contributed by atoms with E-state index in [0.29, 0.717) is 11.6 Å². The number of thiazole rings is 1. The molecule has 1 heterocycles. The second kappa shape index (κ2) is 7.72. The third kappa shape index (κ3) is 5.34. The van der Waals surface area contributed by atoms with Crippen LogP contribution in [0.3, 0.4) is 0 Å². The van der Waals surface area contributed by atoms with Crippen LogP contribution in [0.2, 0.25) is 0 Å². The van der Waals surface area contributed by atoms with E-state index < -0.39 is 21.8 Å². The summed E-state index contributed by atoms with van der Waals surface area (Å²) in [7, 11) is -3.72. The largest absolute Gasteiger partial charge is 0.347 e. The highest BCUT2D eigenvalue weighted by atomic mass is 32.2. The summed E-state index contributed by atoms with van der Waals surface area (Å²) in [6.07, 6.45) is 0.444. The van der Waals surface area contributed by atoms with Crippen LogP contribution >= 0.6 is 11.3 Å². The minimum atomic E-state index is -3.72. The summed E-state index contributed by atoms with van der Waals surface area (Å²) in [5.41, 5.74) is 1.61. The lowest BCUT2D eigenvalue weighted by molar-refractivity contribution is -0.136. The van der Waals surface area contributed by atoms with Crippen molar-refractivity contribution in [3.63, 3.8) is 0 Å². The molecule has 0 atom stereocenters. The number of aromatic nitrogens is 1. The molecule has 25 heavy (non-hydrogen) atoms. The first-order valence-corrected chi connectivity index (χ1v) is 9.68. The van der Waals surface area contributed by atoms with Crippen molar-refractivity contribution in [3.05, 3.63) is 40.4 Å². The van der Waals surface area contributed by atoms with Gasteiger partial charge >= 0.3 is 11.8 Å². The normalized spacial score (nSPS) is 11.2. The highest BCUT2D eigenvalue weighted by Gasteiger charge is 2.15. The zero-order valence-corrected chi connectivity index (χ0v) is 15.3. The standard InChI is InChI=1S/C15H18N4O4S2/c1-9-10(2)24-15(18-9)19-14(21)13(20)17-8-7-11-3-5-12(6-4-11)25(16,22)23/h3-6H,7-8H2,1-2H3,(H,17,20)(H2,16,22,23)(H,18,19,21). The Labute approximate surface area is 149 Å². The molecule has 1 aromatic carbocycles. The van der Waals surface area contributed by atoms with Gasteiger partial charge in [-0.1, -0.05) is 12.1 Å². The maximum Gasteiger partial charge on any atom is 0.315 e. The molecule has 2 rings (SSSR count). The molecule has 0 spiro atoms. The van der Waals surface area contributed by atoms with Crippen molar-refractivity contribution in [2.45, 2.75) is 25.2 Å². The Kier molecular flexibility index (Phi) is 5.88. The van der Waals surface area contributed by atoms with Gasteiger partial charge in [0.1, 0.15) is 0 Å². The summed E-state index contributed by atoms with van der Waals surface area (Å²) < 4.78 is 22.3. The fourth-order valence-corrected chi connectivity index (χ4v) is 3.25. The van der Waals surface area contributed by atoms with Crippen molar-refractivity contribution in [1.29, 1.82) is 0 Å². The number of nitrogens with zero attached hydrogens (tertiary/aromatic N) is 1. The molecule has 0 aliphatic heterocycles. The molecule has 10 heteroatoms. The molecule has 2 amide bonds. The Hall–Kier alpha value is -2.30. The zero-order chi connectivity index (χ0) is 18.6. The van der Waals surface area contributed by atoms with E-state index in [0.717, 1.165) is 16.1 Å². The number of aryl methyl sites for hydroxylation is 2. The molecule has 4 N–H and O–H groups in total. The van der Waals surface area contributed by atoms with Gasteiger partial charge in [-0.3, -0.25) is 14.9 Å².